The molecule has 1 N–H and O–H groups in total. The molecule has 184 valence electrons. The van der Waals surface area contributed by atoms with E-state index in [4.69, 9.17) is 4.52 Å². The molecule has 2 aliphatic rings. The first-order chi connectivity index (χ1) is 16.9. The highest BCUT2D eigenvalue weighted by molar-refractivity contribution is 5.89. The molecule has 35 heavy (non-hydrogen) atoms. The van der Waals surface area contributed by atoms with E-state index in [-0.39, 0.29) is 6.03 Å². The van der Waals surface area contributed by atoms with E-state index in [1.54, 1.807) is 11.1 Å². The molecule has 1 aromatic carbocycles. The second-order valence-corrected chi connectivity index (χ2v) is 8.82. The Balaban J connectivity index is 1.14. The summed E-state index contributed by atoms with van der Waals surface area (Å²) in [6, 6.07) is 7.88. The maximum absolute atomic E-state index is 12.7. The van der Waals surface area contributed by atoms with Crippen molar-refractivity contribution >= 4 is 17.5 Å². The Morgan fingerprint density at radius 1 is 1.00 bits per heavy atom. The normalized spacial score (nSPS) is 17.1. The molecule has 8 nitrogen and oxygen atoms in total. The second kappa shape index (κ2) is 9.55. The summed E-state index contributed by atoms with van der Waals surface area (Å²) in [5, 5.41) is 6.76. The standard InChI is InChI=1S/C24H25F3N6O2/c25-24(26,27)18-6-8-19(9-7-18)29-23(34)33-13-11-32(12-14-33)20-10-5-17(15-28-20)21-30-22(35-31-21)16-3-1-2-4-16/h5-10,15-16H,1-4,11-14H2,(H,29,34). The molecule has 1 saturated heterocycles. The van der Waals surface area contributed by atoms with E-state index in [1.165, 1.54) is 25.0 Å². The average Bonchev–Trinajstić information content (AvgIpc) is 3.56. The molecule has 0 unspecified atom stereocenters. The first kappa shape index (κ1) is 23.1. The average molecular weight is 486 g/mol. The molecule has 0 bridgehead atoms. The molecule has 0 spiro atoms. The van der Waals surface area contributed by atoms with E-state index in [1.807, 2.05) is 12.1 Å². The third-order valence-electron chi connectivity index (χ3n) is 6.51. The molecule has 0 atom stereocenters. The highest BCUT2D eigenvalue weighted by Crippen LogP contribution is 2.34. The highest BCUT2D eigenvalue weighted by atomic mass is 19.4. The first-order valence-electron chi connectivity index (χ1n) is 11.6. The van der Waals surface area contributed by atoms with Crippen LogP contribution < -0.4 is 10.2 Å². The topological polar surface area (TPSA) is 87.4 Å². The number of carbonyl (C=O) groups is 1. The largest absolute Gasteiger partial charge is 0.416 e. The molecular formula is C24H25F3N6O2. The van der Waals surface area contributed by atoms with Crippen molar-refractivity contribution < 1.29 is 22.5 Å². The SMILES string of the molecule is O=C(Nc1ccc(C(F)(F)F)cc1)N1CCN(c2ccc(-c3noc(C4CCCC4)n3)cn2)CC1. The van der Waals surface area contributed by atoms with E-state index >= 15 is 0 Å². The summed E-state index contributed by atoms with van der Waals surface area (Å²) >= 11 is 0. The van der Waals surface area contributed by atoms with Crippen LogP contribution in [0.2, 0.25) is 0 Å². The van der Waals surface area contributed by atoms with Crippen molar-refractivity contribution in [2.24, 2.45) is 0 Å². The van der Waals surface area contributed by atoms with Crippen LogP contribution in [-0.4, -0.2) is 52.2 Å². The Bertz CT molecular complexity index is 1150. The van der Waals surface area contributed by atoms with Crippen molar-refractivity contribution in [2.75, 3.05) is 36.4 Å². The van der Waals surface area contributed by atoms with Gasteiger partial charge in [-0.1, -0.05) is 18.0 Å². The summed E-state index contributed by atoms with van der Waals surface area (Å²) in [6.45, 7) is 2.10. The van der Waals surface area contributed by atoms with Crippen molar-refractivity contribution in [1.29, 1.82) is 0 Å². The predicted molar refractivity (Wildman–Crippen MR) is 123 cm³/mol. The van der Waals surface area contributed by atoms with Crippen molar-refractivity contribution in [3.05, 3.63) is 54.0 Å². The molecule has 3 heterocycles. The summed E-state index contributed by atoms with van der Waals surface area (Å²) in [5.74, 6) is 2.38. The van der Waals surface area contributed by atoms with Crippen molar-refractivity contribution in [1.82, 2.24) is 20.0 Å². The van der Waals surface area contributed by atoms with Crippen LogP contribution in [-0.2, 0) is 6.18 Å². The lowest BCUT2D eigenvalue weighted by molar-refractivity contribution is -0.137. The van der Waals surface area contributed by atoms with Crippen molar-refractivity contribution in [2.45, 2.75) is 37.8 Å². The minimum atomic E-state index is -4.41. The molecule has 2 fully saturated rings. The van der Waals surface area contributed by atoms with Gasteiger partial charge in [-0.2, -0.15) is 18.2 Å². The molecule has 1 aliphatic carbocycles. The molecule has 5 rings (SSSR count). The molecule has 2 amide bonds. The number of piperazine rings is 1. The number of nitrogens with zero attached hydrogens (tertiary/aromatic N) is 5. The van der Waals surface area contributed by atoms with Gasteiger partial charge in [0.25, 0.3) is 0 Å². The maximum Gasteiger partial charge on any atom is 0.416 e. The van der Waals surface area contributed by atoms with Crippen LogP contribution in [0.4, 0.5) is 29.5 Å². The van der Waals surface area contributed by atoms with Gasteiger partial charge in [0.15, 0.2) is 0 Å². The van der Waals surface area contributed by atoms with E-state index < -0.39 is 11.7 Å². The van der Waals surface area contributed by atoms with E-state index in [0.29, 0.717) is 49.5 Å². The molecule has 0 radical (unpaired) electrons. The lowest BCUT2D eigenvalue weighted by atomic mass is 10.1. The van der Waals surface area contributed by atoms with E-state index in [2.05, 4.69) is 25.3 Å². The summed E-state index contributed by atoms with van der Waals surface area (Å²) < 4.78 is 43.6. The Labute approximate surface area is 200 Å². The number of urea groups is 1. The summed E-state index contributed by atoms with van der Waals surface area (Å²) in [7, 11) is 0. The summed E-state index contributed by atoms with van der Waals surface area (Å²) in [5.41, 5.74) is 0.354. The Morgan fingerprint density at radius 3 is 2.34 bits per heavy atom. The number of anilines is 2. The third-order valence-corrected chi connectivity index (χ3v) is 6.51. The van der Waals surface area contributed by atoms with Crippen LogP contribution in [0, 0.1) is 0 Å². The van der Waals surface area contributed by atoms with E-state index in [9.17, 15) is 18.0 Å². The number of rotatable bonds is 4. The molecule has 1 saturated carbocycles. The van der Waals surface area contributed by atoms with Gasteiger partial charge in [0.2, 0.25) is 11.7 Å². The highest BCUT2D eigenvalue weighted by Gasteiger charge is 2.30. The number of amides is 2. The number of carbonyl (C=O) groups excluding carboxylic acids is 1. The van der Waals surface area contributed by atoms with Gasteiger partial charge in [-0.05, 0) is 49.2 Å². The molecule has 1 aliphatic heterocycles. The number of pyridine rings is 1. The fourth-order valence-corrected chi connectivity index (χ4v) is 4.48. The van der Waals surface area contributed by atoms with Crippen LogP contribution in [0.25, 0.3) is 11.4 Å². The van der Waals surface area contributed by atoms with Gasteiger partial charge in [-0.15, -0.1) is 0 Å². The zero-order chi connectivity index (χ0) is 24.4. The van der Waals surface area contributed by atoms with E-state index in [0.717, 1.165) is 36.4 Å². The van der Waals surface area contributed by atoms with Gasteiger partial charge < -0.3 is 19.6 Å². The minimum absolute atomic E-state index is 0.320. The fourth-order valence-electron chi connectivity index (χ4n) is 4.48. The lowest BCUT2D eigenvalue weighted by Crippen LogP contribution is -2.50. The zero-order valence-corrected chi connectivity index (χ0v) is 19.0. The number of hydrogen-bond acceptors (Lipinski definition) is 6. The predicted octanol–water partition coefficient (Wildman–Crippen LogP) is 5.16. The Hall–Kier alpha value is -3.63. The molecule has 3 aromatic rings. The quantitative estimate of drug-likeness (QED) is 0.548. The summed E-state index contributed by atoms with van der Waals surface area (Å²) in [6.07, 6.45) is 1.89. The van der Waals surface area contributed by atoms with Crippen LogP contribution in [0.5, 0.6) is 0 Å². The van der Waals surface area contributed by atoms with Crippen LogP contribution in [0.3, 0.4) is 0 Å². The van der Waals surface area contributed by atoms with Crippen LogP contribution >= 0.6 is 0 Å². The number of halogens is 3. The molecular weight excluding hydrogens is 461 g/mol. The van der Waals surface area contributed by atoms with Gasteiger partial charge in [0.1, 0.15) is 5.82 Å². The third kappa shape index (κ3) is 5.23. The first-order valence-corrected chi connectivity index (χ1v) is 11.6. The monoisotopic (exact) mass is 486 g/mol. The number of alkyl halides is 3. The van der Waals surface area contributed by atoms with Crippen molar-refractivity contribution in [3.63, 3.8) is 0 Å². The molecule has 2 aromatic heterocycles. The Kier molecular flexibility index (Phi) is 6.31. The smallest absolute Gasteiger partial charge is 0.353 e. The van der Waals surface area contributed by atoms with Crippen LogP contribution in [0.15, 0.2) is 47.1 Å². The zero-order valence-electron chi connectivity index (χ0n) is 19.0. The minimum Gasteiger partial charge on any atom is -0.353 e. The number of benzene rings is 1. The fraction of sp³-hybridized carbons (Fsp3) is 0.417. The number of hydrogen-bond donors (Lipinski definition) is 1. The number of nitrogens with one attached hydrogen (secondary N) is 1. The lowest BCUT2D eigenvalue weighted by Gasteiger charge is -2.35. The van der Waals surface area contributed by atoms with Gasteiger partial charge in [-0.3, -0.25) is 0 Å². The van der Waals surface area contributed by atoms with Crippen LogP contribution in [0.1, 0.15) is 43.1 Å². The Morgan fingerprint density at radius 2 is 1.71 bits per heavy atom. The molecule has 11 heteroatoms. The maximum atomic E-state index is 12.7. The second-order valence-electron chi connectivity index (χ2n) is 8.82. The number of aromatic nitrogens is 3. The van der Waals surface area contributed by atoms with Crippen molar-refractivity contribution in [3.8, 4) is 11.4 Å². The van der Waals surface area contributed by atoms with Gasteiger partial charge >= 0.3 is 12.2 Å². The van der Waals surface area contributed by atoms with Gasteiger partial charge in [0, 0.05) is 49.5 Å². The summed E-state index contributed by atoms with van der Waals surface area (Å²) in [4.78, 5) is 25.3. The van der Waals surface area contributed by atoms with Gasteiger partial charge in [0.05, 0.1) is 5.56 Å². The van der Waals surface area contributed by atoms with Gasteiger partial charge in [-0.25, -0.2) is 9.78 Å².